The van der Waals surface area contributed by atoms with E-state index in [9.17, 15) is 9.59 Å². The van der Waals surface area contributed by atoms with E-state index in [0.717, 1.165) is 16.7 Å². The minimum absolute atomic E-state index is 0.115. The topological polar surface area (TPSA) is 67.4 Å². The summed E-state index contributed by atoms with van der Waals surface area (Å²) < 4.78 is 5.77. The highest BCUT2D eigenvalue weighted by molar-refractivity contribution is 6.83. The third kappa shape index (κ3) is 4.60. The zero-order valence-electron chi connectivity index (χ0n) is 21.6. The first-order valence-corrected chi connectivity index (χ1v) is 16.7. The van der Waals surface area contributed by atoms with Crippen molar-refractivity contribution in [2.75, 3.05) is 12.4 Å². The summed E-state index contributed by atoms with van der Waals surface area (Å²) in [6.07, 6.45) is 0.115. The van der Waals surface area contributed by atoms with Gasteiger partial charge >= 0.3 is 0 Å². The van der Waals surface area contributed by atoms with E-state index in [1.165, 1.54) is 0 Å². The molecule has 0 bridgehead atoms. The van der Waals surface area contributed by atoms with Gasteiger partial charge in [-0.3, -0.25) is 9.59 Å². The standard InChI is InChI=1S/C30H28Cl2N2O3Si/c1-37-26-11-8-18(12-13-38(2,3)4)14-22(26)28-30(23-10-9-21(32)16-25(23)33-29(30)36)24(17-27(35)34-28)19-6-5-7-20(31)15-19/h5-11,14-16,24,28H,17H2,1-4H3,(H,33,36)(H,34,35). The van der Waals surface area contributed by atoms with Gasteiger partial charge in [0, 0.05) is 39.2 Å². The van der Waals surface area contributed by atoms with Gasteiger partial charge in [-0.05, 0) is 53.6 Å². The summed E-state index contributed by atoms with van der Waals surface area (Å²) in [6, 6.07) is 17.7. The molecule has 3 aromatic rings. The lowest BCUT2D eigenvalue weighted by atomic mass is 9.59. The molecule has 2 N–H and O–H groups in total. The molecule has 5 nitrogen and oxygen atoms in total. The van der Waals surface area contributed by atoms with Crippen LogP contribution in [0.25, 0.3) is 0 Å². The Morgan fingerprint density at radius 2 is 1.76 bits per heavy atom. The van der Waals surface area contributed by atoms with Crippen LogP contribution in [0, 0.1) is 11.5 Å². The molecule has 5 rings (SSSR count). The van der Waals surface area contributed by atoms with Crippen molar-refractivity contribution in [2.45, 2.75) is 43.4 Å². The monoisotopic (exact) mass is 562 g/mol. The zero-order valence-corrected chi connectivity index (χ0v) is 24.1. The van der Waals surface area contributed by atoms with Crippen LogP contribution in [0.2, 0.25) is 29.7 Å². The van der Waals surface area contributed by atoms with E-state index >= 15 is 0 Å². The molecule has 3 aromatic carbocycles. The lowest BCUT2D eigenvalue weighted by molar-refractivity contribution is -0.131. The molecule has 2 amide bonds. The Kier molecular flexibility index (Phi) is 6.81. The third-order valence-electron chi connectivity index (χ3n) is 7.12. The van der Waals surface area contributed by atoms with Crippen LogP contribution in [0.3, 0.4) is 0 Å². The molecule has 0 radical (unpaired) electrons. The maximum absolute atomic E-state index is 14.2. The van der Waals surface area contributed by atoms with Crippen molar-refractivity contribution >= 4 is 48.8 Å². The summed E-state index contributed by atoms with van der Waals surface area (Å²) in [4.78, 5) is 27.5. The van der Waals surface area contributed by atoms with Crippen molar-refractivity contribution in [3.63, 3.8) is 0 Å². The number of nitrogens with one attached hydrogen (secondary N) is 2. The van der Waals surface area contributed by atoms with Gasteiger partial charge in [-0.1, -0.05) is 67.0 Å². The SMILES string of the molecule is COc1ccc(C#C[Si](C)(C)C)cc1C1NC(=O)CC(c2cccc(Cl)c2)C12C(=O)Nc1cc(Cl)ccc12. The first-order chi connectivity index (χ1) is 18.0. The Hall–Kier alpha value is -3.24. The molecule has 1 fully saturated rings. The third-order valence-corrected chi connectivity index (χ3v) is 8.47. The maximum Gasteiger partial charge on any atom is 0.238 e. The lowest BCUT2D eigenvalue weighted by Gasteiger charge is -2.46. The Bertz CT molecular complexity index is 1520. The van der Waals surface area contributed by atoms with Crippen molar-refractivity contribution < 1.29 is 14.3 Å². The van der Waals surface area contributed by atoms with Crippen LogP contribution >= 0.6 is 23.2 Å². The van der Waals surface area contributed by atoms with E-state index in [1.54, 1.807) is 25.3 Å². The molecule has 2 aliphatic heterocycles. The first kappa shape index (κ1) is 26.4. The highest BCUT2D eigenvalue weighted by Crippen LogP contribution is 2.58. The first-order valence-electron chi connectivity index (χ1n) is 12.4. The second kappa shape index (κ2) is 9.81. The van der Waals surface area contributed by atoms with Gasteiger partial charge in [-0.15, -0.1) is 5.54 Å². The summed E-state index contributed by atoms with van der Waals surface area (Å²) in [7, 11) is -0.0536. The number of halogens is 2. The van der Waals surface area contributed by atoms with E-state index in [4.69, 9.17) is 27.9 Å². The molecule has 3 atom stereocenters. The van der Waals surface area contributed by atoms with Crippen molar-refractivity contribution in [1.29, 1.82) is 0 Å². The molecule has 38 heavy (non-hydrogen) atoms. The van der Waals surface area contributed by atoms with Crippen LogP contribution in [0.15, 0.2) is 60.7 Å². The van der Waals surface area contributed by atoms with Gasteiger partial charge in [0.15, 0.2) is 0 Å². The number of hydrogen-bond acceptors (Lipinski definition) is 3. The second-order valence-corrected chi connectivity index (χ2v) is 16.4. The Morgan fingerprint density at radius 3 is 2.47 bits per heavy atom. The molecule has 0 aliphatic carbocycles. The second-order valence-electron chi connectivity index (χ2n) is 10.8. The average Bonchev–Trinajstić information content (AvgIpc) is 3.14. The molecule has 1 saturated heterocycles. The average molecular weight is 564 g/mol. The molecule has 194 valence electrons. The predicted octanol–water partition coefficient (Wildman–Crippen LogP) is 6.47. The highest BCUT2D eigenvalue weighted by Gasteiger charge is 2.61. The fraction of sp³-hybridized carbons (Fsp3) is 0.267. The van der Waals surface area contributed by atoms with E-state index in [2.05, 4.69) is 41.7 Å². The number of carbonyl (C=O) groups is 2. The number of carbonyl (C=O) groups excluding carboxylic acids is 2. The summed E-state index contributed by atoms with van der Waals surface area (Å²) in [5.41, 5.74) is 5.91. The van der Waals surface area contributed by atoms with Crippen molar-refractivity contribution in [1.82, 2.24) is 5.32 Å². The van der Waals surface area contributed by atoms with Gasteiger partial charge in [-0.2, -0.15) is 0 Å². The summed E-state index contributed by atoms with van der Waals surface area (Å²) in [6.45, 7) is 6.55. The normalized spacial score (nSPS) is 22.3. The van der Waals surface area contributed by atoms with E-state index in [1.807, 2.05) is 42.5 Å². The number of anilines is 1. The predicted molar refractivity (Wildman–Crippen MR) is 155 cm³/mol. The molecule has 1 spiro atoms. The fourth-order valence-corrected chi connectivity index (χ4v) is 6.46. The number of ether oxygens (including phenoxy) is 1. The number of amides is 2. The van der Waals surface area contributed by atoms with Crippen LogP contribution < -0.4 is 15.4 Å². The number of fused-ring (bicyclic) bond motifs is 2. The molecule has 0 saturated carbocycles. The van der Waals surface area contributed by atoms with Crippen LogP contribution in [0.5, 0.6) is 5.75 Å². The van der Waals surface area contributed by atoms with Gasteiger partial charge in [-0.25, -0.2) is 0 Å². The molecule has 3 unspecified atom stereocenters. The summed E-state index contributed by atoms with van der Waals surface area (Å²) in [5.74, 6) is 2.99. The number of rotatable bonds is 3. The summed E-state index contributed by atoms with van der Waals surface area (Å²) >= 11 is 12.7. The van der Waals surface area contributed by atoms with E-state index in [0.29, 0.717) is 27.0 Å². The van der Waals surface area contributed by atoms with Crippen LogP contribution in [0.1, 0.15) is 40.6 Å². The zero-order chi connectivity index (χ0) is 27.2. The van der Waals surface area contributed by atoms with Gasteiger partial charge in [0.2, 0.25) is 11.8 Å². The Morgan fingerprint density at radius 1 is 1.00 bits per heavy atom. The molecule has 8 heteroatoms. The van der Waals surface area contributed by atoms with Gasteiger partial charge < -0.3 is 15.4 Å². The van der Waals surface area contributed by atoms with E-state index < -0.39 is 25.4 Å². The highest BCUT2D eigenvalue weighted by atomic mass is 35.5. The quantitative estimate of drug-likeness (QED) is 0.284. The fourth-order valence-electron chi connectivity index (χ4n) is 5.57. The van der Waals surface area contributed by atoms with E-state index in [-0.39, 0.29) is 18.2 Å². The van der Waals surface area contributed by atoms with Gasteiger partial charge in [0.05, 0.1) is 13.2 Å². The molecular formula is C30H28Cl2N2O3Si. The number of methoxy groups -OCH3 is 1. The van der Waals surface area contributed by atoms with Crippen molar-refractivity contribution in [3.8, 4) is 17.2 Å². The Balaban J connectivity index is 1.80. The largest absolute Gasteiger partial charge is 0.496 e. The molecule has 2 heterocycles. The van der Waals surface area contributed by atoms with Crippen molar-refractivity contribution in [2.24, 2.45) is 0 Å². The van der Waals surface area contributed by atoms with Crippen molar-refractivity contribution in [3.05, 3.63) is 93.0 Å². The maximum atomic E-state index is 14.2. The minimum Gasteiger partial charge on any atom is -0.496 e. The van der Waals surface area contributed by atoms with Crippen LogP contribution in [-0.2, 0) is 15.0 Å². The lowest BCUT2D eigenvalue weighted by Crippen LogP contribution is -2.56. The number of hydrogen-bond donors (Lipinski definition) is 2. The minimum atomic E-state index is -1.64. The van der Waals surface area contributed by atoms with Gasteiger partial charge in [0.25, 0.3) is 0 Å². The Labute approximate surface area is 233 Å². The number of benzene rings is 3. The molecule has 0 aromatic heterocycles. The van der Waals surface area contributed by atoms with Crippen LogP contribution in [0.4, 0.5) is 5.69 Å². The summed E-state index contributed by atoms with van der Waals surface area (Å²) in [5, 5.41) is 7.26. The van der Waals surface area contributed by atoms with Crippen LogP contribution in [-0.4, -0.2) is 27.0 Å². The molecule has 2 aliphatic rings. The smallest absolute Gasteiger partial charge is 0.238 e. The molecular weight excluding hydrogens is 535 g/mol. The van der Waals surface area contributed by atoms with Gasteiger partial charge in [0.1, 0.15) is 19.2 Å². The number of piperidine rings is 1.